The number of aromatic nitrogens is 1. The lowest BCUT2D eigenvalue weighted by Gasteiger charge is -2.14. The third kappa shape index (κ3) is 4.70. The molecule has 5 aromatic rings. The Morgan fingerprint density at radius 1 is 0.974 bits per heavy atom. The van der Waals surface area contributed by atoms with Gasteiger partial charge in [-0.05, 0) is 60.2 Å². The van der Waals surface area contributed by atoms with E-state index in [1.54, 1.807) is 42.5 Å². The maximum Gasteiger partial charge on any atom is 0.345 e. The van der Waals surface area contributed by atoms with Crippen LogP contribution in [0.4, 0.5) is 10.2 Å². The first kappa shape index (κ1) is 24.7. The zero-order chi connectivity index (χ0) is 26.9. The number of hydrogen-bond donors (Lipinski definition) is 1. The Kier molecular flexibility index (Phi) is 6.36. The minimum Gasteiger partial charge on any atom is -0.497 e. The molecular formula is C28H18FN3O5S. The second-order valence-electron chi connectivity index (χ2n) is 8.17. The fraction of sp³-hybridized carbons (Fsp3) is 0.0357. The van der Waals surface area contributed by atoms with Crippen LogP contribution in [-0.4, -0.2) is 20.5 Å². The quantitative estimate of drug-likeness (QED) is 0.296. The highest BCUT2D eigenvalue weighted by Crippen LogP contribution is 2.34. The van der Waals surface area contributed by atoms with Gasteiger partial charge >= 0.3 is 5.63 Å². The van der Waals surface area contributed by atoms with Crippen molar-refractivity contribution in [3.05, 3.63) is 107 Å². The van der Waals surface area contributed by atoms with Gasteiger partial charge in [0.05, 0.1) is 23.3 Å². The SMILES string of the molecule is COc1ccc(-c2cc(-c3cc4cc(F)ccc4oc3=O)nc(NS(=O)(=O)c3ccccc3)c2C#N)cc1. The number of nitrogens with one attached hydrogen (secondary N) is 1. The zero-order valence-corrected chi connectivity index (χ0v) is 20.6. The van der Waals surface area contributed by atoms with Crippen LogP contribution in [0.3, 0.4) is 0 Å². The zero-order valence-electron chi connectivity index (χ0n) is 19.8. The van der Waals surface area contributed by atoms with E-state index < -0.39 is 21.5 Å². The van der Waals surface area contributed by atoms with Gasteiger partial charge in [0.15, 0.2) is 5.82 Å². The minimum absolute atomic E-state index is 0.0282. The Bertz CT molecular complexity index is 1880. The lowest BCUT2D eigenvalue weighted by molar-refractivity contribution is 0.415. The van der Waals surface area contributed by atoms with Crippen molar-refractivity contribution in [2.45, 2.75) is 4.90 Å². The van der Waals surface area contributed by atoms with E-state index in [1.807, 2.05) is 6.07 Å². The minimum atomic E-state index is -4.14. The molecule has 0 saturated heterocycles. The number of halogens is 1. The van der Waals surface area contributed by atoms with Crippen LogP contribution < -0.4 is 15.1 Å². The number of hydrogen-bond acceptors (Lipinski definition) is 7. The van der Waals surface area contributed by atoms with Gasteiger partial charge in [-0.3, -0.25) is 4.72 Å². The normalized spacial score (nSPS) is 11.2. The molecule has 0 bridgehead atoms. The average Bonchev–Trinajstić information content (AvgIpc) is 2.93. The molecule has 0 aliphatic heterocycles. The average molecular weight is 528 g/mol. The van der Waals surface area contributed by atoms with Gasteiger partial charge in [-0.1, -0.05) is 30.3 Å². The van der Waals surface area contributed by atoms with Crippen LogP contribution >= 0.6 is 0 Å². The predicted molar refractivity (Wildman–Crippen MR) is 140 cm³/mol. The van der Waals surface area contributed by atoms with Crippen LogP contribution in [0.5, 0.6) is 5.75 Å². The molecule has 0 aliphatic carbocycles. The number of sulfonamides is 1. The number of anilines is 1. The Balaban J connectivity index is 1.76. The Hall–Kier alpha value is -5.01. The van der Waals surface area contributed by atoms with E-state index in [2.05, 4.69) is 9.71 Å². The summed E-state index contributed by atoms with van der Waals surface area (Å²) >= 11 is 0. The van der Waals surface area contributed by atoms with E-state index in [4.69, 9.17) is 9.15 Å². The van der Waals surface area contributed by atoms with Gasteiger partial charge < -0.3 is 9.15 Å². The molecule has 0 radical (unpaired) electrons. The van der Waals surface area contributed by atoms with Crippen molar-refractivity contribution in [2.75, 3.05) is 11.8 Å². The van der Waals surface area contributed by atoms with Gasteiger partial charge in [0.2, 0.25) is 0 Å². The maximum absolute atomic E-state index is 13.9. The predicted octanol–water partition coefficient (Wildman–Crippen LogP) is 5.34. The number of methoxy groups -OCH3 is 1. The van der Waals surface area contributed by atoms with Crippen molar-refractivity contribution >= 4 is 26.8 Å². The molecule has 188 valence electrons. The second kappa shape index (κ2) is 9.80. The number of ether oxygens (including phenoxy) is 1. The van der Waals surface area contributed by atoms with E-state index in [0.29, 0.717) is 22.3 Å². The molecular weight excluding hydrogens is 509 g/mol. The van der Waals surface area contributed by atoms with Gasteiger partial charge in [-0.15, -0.1) is 0 Å². The van der Waals surface area contributed by atoms with Crippen LogP contribution in [-0.2, 0) is 10.0 Å². The van der Waals surface area contributed by atoms with Crippen molar-refractivity contribution in [3.8, 4) is 34.2 Å². The Morgan fingerprint density at radius 2 is 1.71 bits per heavy atom. The summed E-state index contributed by atoms with van der Waals surface area (Å²) in [5, 5.41) is 10.4. The topological polar surface area (TPSA) is 122 Å². The van der Waals surface area contributed by atoms with Crippen molar-refractivity contribution in [2.24, 2.45) is 0 Å². The van der Waals surface area contributed by atoms with E-state index in [1.165, 1.54) is 49.6 Å². The molecule has 2 aromatic heterocycles. The molecule has 3 aromatic carbocycles. The molecule has 0 atom stereocenters. The third-order valence-corrected chi connectivity index (χ3v) is 7.14. The largest absolute Gasteiger partial charge is 0.497 e. The summed E-state index contributed by atoms with van der Waals surface area (Å²) in [4.78, 5) is 17.2. The number of fused-ring (bicyclic) bond motifs is 1. The van der Waals surface area contributed by atoms with Crippen LogP contribution in [0.15, 0.2) is 99.0 Å². The van der Waals surface area contributed by atoms with Crippen molar-refractivity contribution in [3.63, 3.8) is 0 Å². The molecule has 0 unspecified atom stereocenters. The van der Waals surface area contributed by atoms with E-state index in [0.717, 1.165) is 0 Å². The number of pyridine rings is 1. The van der Waals surface area contributed by atoms with Crippen LogP contribution in [0.2, 0.25) is 0 Å². The fourth-order valence-electron chi connectivity index (χ4n) is 3.93. The monoisotopic (exact) mass is 527 g/mol. The first-order chi connectivity index (χ1) is 18.3. The second-order valence-corrected chi connectivity index (χ2v) is 9.85. The molecule has 38 heavy (non-hydrogen) atoms. The van der Waals surface area contributed by atoms with Crippen LogP contribution in [0.25, 0.3) is 33.4 Å². The highest BCUT2D eigenvalue weighted by molar-refractivity contribution is 7.92. The van der Waals surface area contributed by atoms with E-state index in [9.17, 15) is 22.9 Å². The number of nitrogens with zero attached hydrogens (tertiary/aromatic N) is 2. The van der Waals surface area contributed by atoms with Crippen molar-refractivity contribution < 1.29 is 22.0 Å². The molecule has 0 spiro atoms. The summed E-state index contributed by atoms with van der Waals surface area (Å²) in [5.74, 6) is -0.234. The highest BCUT2D eigenvalue weighted by Gasteiger charge is 2.22. The lowest BCUT2D eigenvalue weighted by Crippen LogP contribution is -2.16. The van der Waals surface area contributed by atoms with Gasteiger partial charge in [-0.2, -0.15) is 5.26 Å². The molecule has 10 heteroatoms. The lowest BCUT2D eigenvalue weighted by atomic mass is 9.98. The molecule has 0 amide bonds. The summed E-state index contributed by atoms with van der Waals surface area (Å²) in [6, 6.07) is 22.9. The van der Waals surface area contributed by atoms with Crippen LogP contribution in [0.1, 0.15) is 5.56 Å². The molecule has 8 nitrogen and oxygen atoms in total. The molecule has 0 fully saturated rings. The van der Waals surface area contributed by atoms with Crippen molar-refractivity contribution in [1.82, 2.24) is 4.98 Å². The molecule has 0 aliphatic rings. The summed E-state index contributed by atoms with van der Waals surface area (Å²) in [6.45, 7) is 0. The number of benzene rings is 3. The molecule has 1 N–H and O–H groups in total. The van der Waals surface area contributed by atoms with E-state index in [-0.39, 0.29) is 33.1 Å². The maximum atomic E-state index is 13.9. The molecule has 5 rings (SSSR count). The smallest absolute Gasteiger partial charge is 0.345 e. The highest BCUT2D eigenvalue weighted by atomic mass is 32.2. The number of rotatable bonds is 6. The van der Waals surface area contributed by atoms with Crippen LogP contribution in [0, 0.1) is 17.1 Å². The van der Waals surface area contributed by atoms with Gasteiger partial charge in [0, 0.05) is 10.9 Å². The summed E-state index contributed by atoms with van der Waals surface area (Å²) in [5.41, 5.74) is 0.192. The van der Waals surface area contributed by atoms with Gasteiger partial charge in [0.25, 0.3) is 10.0 Å². The van der Waals surface area contributed by atoms with Gasteiger partial charge in [-0.25, -0.2) is 22.6 Å². The Labute approximate surface area is 216 Å². The third-order valence-electron chi connectivity index (χ3n) is 5.79. The van der Waals surface area contributed by atoms with E-state index >= 15 is 0 Å². The first-order valence-electron chi connectivity index (χ1n) is 11.2. The standard InChI is InChI=1S/C28H18FN3O5S/c1-36-20-10-7-17(8-11-20)22-15-25(23-14-18-13-19(29)9-12-26(18)37-28(23)33)31-27(24(22)16-30)32-38(34,35)21-5-3-2-4-6-21/h2-15H,1H3,(H,31,32). The molecule has 0 saturated carbocycles. The summed E-state index contributed by atoms with van der Waals surface area (Å²) in [7, 11) is -2.63. The summed E-state index contributed by atoms with van der Waals surface area (Å²) in [6.07, 6.45) is 0. The molecule has 2 heterocycles. The van der Waals surface area contributed by atoms with Crippen molar-refractivity contribution in [1.29, 1.82) is 5.26 Å². The summed E-state index contributed by atoms with van der Waals surface area (Å²) < 4.78 is 53.1. The first-order valence-corrected chi connectivity index (χ1v) is 12.7. The Morgan fingerprint density at radius 3 is 2.39 bits per heavy atom. The van der Waals surface area contributed by atoms with Gasteiger partial charge in [0.1, 0.15) is 28.8 Å². The fourth-order valence-corrected chi connectivity index (χ4v) is 4.96. The number of nitriles is 1.